The highest BCUT2D eigenvalue weighted by atomic mass is 16.2. The molecular formula is C24H41NO. The second kappa shape index (κ2) is 10.9. The van der Waals surface area contributed by atoms with E-state index in [0.717, 1.165) is 30.6 Å². The number of carbonyl (C=O) groups is 1. The molecule has 0 heterocycles. The molecule has 2 rings (SSSR count). The van der Waals surface area contributed by atoms with Gasteiger partial charge in [0.2, 0.25) is 5.91 Å². The molecule has 0 aliphatic heterocycles. The highest BCUT2D eigenvalue weighted by molar-refractivity contribution is 5.92. The molecule has 0 unspecified atom stereocenters. The van der Waals surface area contributed by atoms with Crippen LogP contribution in [0.1, 0.15) is 90.9 Å². The molecule has 2 fully saturated rings. The van der Waals surface area contributed by atoms with Crippen molar-refractivity contribution in [1.29, 1.82) is 0 Å². The van der Waals surface area contributed by atoms with E-state index in [4.69, 9.17) is 0 Å². The number of allylic oxidation sites excluding steroid dienone is 2. The van der Waals surface area contributed by atoms with Crippen molar-refractivity contribution in [3.8, 4) is 0 Å². The lowest BCUT2D eigenvalue weighted by atomic mass is 9.78. The van der Waals surface area contributed by atoms with Crippen LogP contribution in [0.5, 0.6) is 0 Å². The molecule has 0 aromatic heterocycles. The molecule has 0 atom stereocenters. The van der Waals surface area contributed by atoms with E-state index in [0.29, 0.717) is 11.6 Å². The highest BCUT2D eigenvalue weighted by Crippen LogP contribution is 2.34. The van der Waals surface area contributed by atoms with Crippen molar-refractivity contribution in [1.82, 2.24) is 4.90 Å². The van der Waals surface area contributed by atoms with Gasteiger partial charge in [-0.1, -0.05) is 51.3 Å². The first-order valence-corrected chi connectivity index (χ1v) is 11.1. The molecule has 2 aliphatic rings. The summed E-state index contributed by atoms with van der Waals surface area (Å²) >= 11 is 0. The number of hydrogen-bond acceptors (Lipinski definition) is 1. The monoisotopic (exact) mass is 359 g/mol. The SMILES string of the molecule is C=C(C)C(=O)N(C)C1CCC(/C=C/C2CCC(CCCCC)CC2)CC1. The lowest BCUT2D eigenvalue weighted by Crippen LogP contribution is -2.39. The van der Waals surface area contributed by atoms with Crippen molar-refractivity contribution in [2.75, 3.05) is 7.05 Å². The van der Waals surface area contributed by atoms with Crippen LogP contribution in [0.3, 0.4) is 0 Å². The largest absolute Gasteiger partial charge is 0.339 e. The maximum Gasteiger partial charge on any atom is 0.248 e. The summed E-state index contributed by atoms with van der Waals surface area (Å²) in [5.41, 5.74) is 0.653. The fraction of sp³-hybridized carbons (Fsp3) is 0.792. The van der Waals surface area contributed by atoms with Crippen LogP contribution < -0.4 is 0 Å². The molecule has 1 amide bonds. The molecule has 0 spiro atoms. The summed E-state index contributed by atoms with van der Waals surface area (Å²) in [6.07, 6.45) is 21.1. The molecule has 0 bridgehead atoms. The molecule has 0 radical (unpaired) electrons. The Labute approximate surface area is 162 Å². The molecule has 0 aromatic carbocycles. The Kier molecular flexibility index (Phi) is 8.95. The topological polar surface area (TPSA) is 20.3 Å². The fourth-order valence-corrected chi connectivity index (χ4v) is 4.81. The number of rotatable bonds is 8. The van der Waals surface area contributed by atoms with Crippen LogP contribution in [0, 0.1) is 17.8 Å². The van der Waals surface area contributed by atoms with Gasteiger partial charge < -0.3 is 4.90 Å². The minimum atomic E-state index is 0.111. The molecule has 2 heteroatoms. The van der Waals surface area contributed by atoms with Gasteiger partial charge in [-0.3, -0.25) is 4.79 Å². The molecule has 2 nitrogen and oxygen atoms in total. The molecule has 2 saturated carbocycles. The zero-order chi connectivity index (χ0) is 18.9. The second-order valence-corrected chi connectivity index (χ2v) is 8.93. The molecule has 0 N–H and O–H groups in total. The van der Waals surface area contributed by atoms with E-state index >= 15 is 0 Å². The van der Waals surface area contributed by atoms with Crippen LogP contribution in [0.4, 0.5) is 0 Å². The van der Waals surface area contributed by atoms with E-state index in [1.165, 1.54) is 64.2 Å². The number of likely N-dealkylation sites (N-methyl/N-ethyl adjacent to an activating group) is 1. The smallest absolute Gasteiger partial charge is 0.248 e. The maximum atomic E-state index is 12.1. The van der Waals surface area contributed by atoms with Gasteiger partial charge in [0.05, 0.1) is 0 Å². The third-order valence-corrected chi connectivity index (χ3v) is 6.74. The van der Waals surface area contributed by atoms with Gasteiger partial charge in [-0.15, -0.1) is 0 Å². The quantitative estimate of drug-likeness (QED) is 0.274. The first-order valence-electron chi connectivity index (χ1n) is 11.1. The summed E-state index contributed by atoms with van der Waals surface area (Å²) in [5.74, 6) is 2.66. The standard InChI is InChI=1S/C24H41NO/c1-5-6-7-8-20-9-11-21(12-10-20)13-14-22-15-17-23(18-16-22)25(4)24(26)19(2)3/h13-14,20-23H,2,5-12,15-18H2,1,3-4H3/b14-13+. The molecule has 0 aromatic rings. The van der Waals surface area contributed by atoms with Crippen LogP contribution >= 0.6 is 0 Å². The Hall–Kier alpha value is -1.05. The lowest BCUT2D eigenvalue weighted by molar-refractivity contribution is -0.128. The molecular weight excluding hydrogens is 318 g/mol. The van der Waals surface area contributed by atoms with Crippen LogP contribution in [-0.4, -0.2) is 23.9 Å². The van der Waals surface area contributed by atoms with Crippen molar-refractivity contribution < 1.29 is 4.79 Å². The summed E-state index contributed by atoms with van der Waals surface area (Å²) in [6.45, 7) is 7.90. The summed E-state index contributed by atoms with van der Waals surface area (Å²) < 4.78 is 0. The van der Waals surface area contributed by atoms with Crippen molar-refractivity contribution in [2.24, 2.45) is 17.8 Å². The zero-order valence-electron chi connectivity index (χ0n) is 17.5. The summed E-state index contributed by atoms with van der Waals surface area (Å²) in [6, 6.07) is 0.405. The normalized spacial score (nSPS) is 29.7. The predicted molar refractivity (Wildman–Crippen MR) is 112 cm³/mol. The van der Waals surface area contributed by atoms with Crippen LogP contribution in [0.25, 0.3) is 0 Å². The summed E-state index contributed by atoms with van der Waals surface area (Å²) in [4.78, 5) is 14.0. The van der Waals surface area contributed by atoms with Gasteiger partial charge in [-0.05, 0) is 76.0 Å². The maximum absolute atomic E-state index is 12.1. The molecule has 26 heavy (non-hydrogen) atoms. The fourth-order valence-electron chi connectivity index (χ4n) is 4.81. The molecule has 2 aliphatic carbocycles. The minimum Gasteiger partial charge on any atom is -0.339 e. The second-order valence-electron chi connectivity index (χ2n) is 8.93. The van der Waals surface area contributed by atoms with Gasteiger partial charge in [0, 0.05) is 18.7 Å². The van der Waals surface area contributed by atoms with Crippen LogP contribution in [0.2, 0.25) is 0 Å². The van der Waals surface area contributed by atoms with Gasteiger partial charge in [-0.25, -0.2) is 0 Å². The van der Waals surface area contributed by atoms with E-state index in [1.807, 2.05) is 18.9 Å². The Morgan fingerprint density at radius 1 is 0.962 bits per heavy atom. The zero-order valence-corrected chi connectivity index (χ0v) is 17.5. The van der Waals surface area contributed by atoms with Crippen LogP contribution in [-0.2, 0) is 4.79 Å². The third kappa shape index (κ3) is 6.59. The number of hydrogen-bond donors (Lipinski definition) is 0. The average molecular weight is 360 g/mol. The first-order chi connectivity index (χ1) is 12.5. The van der Waals surface area contributed by atoms with Gasteiger partial charge in [0.1, 0.15) is 0 Å². The molecule has 148 valence electrons. The third-order valence-electron chi connectivity index (χ3n) is 6.74. The summed E-state index contributed by atoms with van der Waals surface area (Å²) in [5, 5.41) is 0. The van der Waals surface area contributed by atoms with Gasteiger partial charge >= 0.3 is 0 Å². The number of nitrogens with zero attached hydrogens (tertiary/aromatic N) is 1. The highest BCUT2D eigenvalue weighted by Gasteiger charge is 2.26. The van der Waals surface area contributed by atoms with Crippen molar-refractivity contribution in [3.05, 3.63) is 24.3 Å². The van der Waals surface area contributed by atoms with Crippen molar-refractivity contribution in [2.45, 2.75) is 96.9 Å². The van der Waals surface area contributed by atoms with Gasteiger partial charge in [-0.2, -0.15) is 0 Å². The van der Waals surface area contributed by atoms with Gasteiger partial charge in [0.15, 0.2) is 0 Å². The average Bonchev–Trinajstić information content (AvgIpc) is 2.66. The van der Waals surface area contributed by atoms with E-state index in [-0.39, 0.29) is 5.91 Å². The number of carbonyl (C=O) groups excluding carboxylic acids is 1. The van der Waals surface area contributed by atoms with E-state index < -0.39 is 0 Å². The van der Waals surface area contributed by atoms with E-state index in [9.17, 15) is 4.79 Å². The van der Waals surface area contributed by atoms with Crippen LogP contribution in [0.15, 0.2) is 24.3 Å². The number of unbranched alkanes of at least 4 members (excludes halogenated alkanes) is 2. The number of amides is 1. The Bertz CT molecular complexity index is 465. The Balaban J connectivity index is 1.66. The van der Waals surface area contributed by atoms with Crippen molar-refractivity contribution >= 4 is 5.91 Å². The molecule has 0 saturated heterocycles. The Morgan fingerprint density at radius 3 is 2.00 bits per heavy atom. The van der Waals surface area contributed by atoms with Crippen molar-refractivity contribution in [3.63, 3.8) is 0 Å². The van der Waals surface area contributed by atoms with E-state index in [2.05, 4.69) is 25.7 Å². The predicted octanol–water partition coefficient (Wildman–Crippen LogP) is 6.52. The summed E-state index contributed by atoms with van der Waals surface area (Å²) in [7, 11) is 1.94. The minimum absolute atomic E-state index is 0.111. The van der Waals surface area contributed by atoms with Gasteiger partial charge in [0.25, 0.3) is 0 Å². The Morgan fingerprint density at radius 2 is 1.50 bits per heavy atom. The lowest BCUT2D eigenvalue weighted by Gasteiger charge is -2.34. The first kappa shape index (κ1) is 21.3. The van der Waals surface area contributed by atoms with E-state index in [1.54, 1.807) is 0 Å².